The van der Waals surface area contributed by atoms with Gasteiger partial charge in [0.15, 0.2) is 17.6 Å². The van der Waals surface area contributed by atoms with Crippen LogP contribution >= 0.6 is 0 Å². The molecule has 0 N–H and O–H groups in total. The average Bonchev–Trinajstić information content (AvgIpc) is 2.70. The molecule has 0 fully saturated rings. The van der Waals surface area contributed by atoms with E-state index in [1.165, 1.54) is 30.3 Å². The Balaban J connectivity index is 1.80. The first kappa shape index (κ1) is 20.5. The number of nitro groups is 1. The van der Waals surface area contributed by atoms with E-state index in [2.05, 4.69) is 0 Å². The summed E-state index contributed by atoms with van der Waals surface area (Å²) in [7, 11) is -4.00. The number of ether oxygens (including phenoxy) is 2. The van der Waals surface area contributed by atoms with E-state index in [4.69, 9.17) is 13.7 Å². The van der Waals surface area contributed by atoms with Crippen molar-refractivity contribution >= 4 is 28.2 Å². The molecule has 2 aromatic rings. The van der Waals surface area contributed by atoms with Crippen molar-refractivity contribution in [3.63, 3.8) is 0 Å². The minimum atomic E-state index is -4.00. The Labute approximate surface area is 166 Å². The van der Waals surface area contributed by atoms with Gasteiger partial charge in [0, 0.05) is 6.07 Å². The van der Waals surface area contributed by atoms with Crippen LogP contribution in [-0.4, -0.2) is 38.9 Å². The predicted molar refractivity (Wildman–Crippen MR) is 102 cm³/mol. The van der Waals surface area contributed by atoms with E-state index in [-0.39, 0.29) is 40.9 Å². The molecule has 0 bridgehead atoms. The van der Waals surface area contributed by atoms with Crippen LogP contribution in [0.15, 0.2) is 47.4 Å². The molecule has 2 aromatic carbocycles. The second-order valence-corrected chi connectivity index (χ2v) is 7.80. The molecule has 152 valence electrons. The molecule has 0 aromatic heterocycles. The number of aldehydes is 1. The van der Waals surface area contributed by atoms with E-state index in [1.54, 1.807) is 12.1 Å². The number of benzene rings is 2. The summed E-state index contributed by atoms with van der Waals surface area (Å²) in [5, 5.41) is 11.3. The molecule has 0 saturated carbocycles. The van der Waals surface area contributed by atoms with Crippen LogP contribution in [0.1, 0.15) is 11.1 Å². The zero-order valence-corrected chi connectivity index (χ0v) is 16.1. The second kappa shape index (κ2) is 8.41. The number of fused-ring (bicyclic) bond motifs is 1. The van der Waals surface area contributed by atoms with Gasteiger partial charge in [-0.1, -0.05) is 17.7 Å². The first-order valence-corrected chi connectivity index (χ1v) is 9.91. The molecule has 0 unspecified atom stereocenters. The van der Waals surface area contributed by atoms with Gasteiger partial charge in [0.25, 0.3) is 15.8 Å². The van der Waals surface area contributed by atoms with Gasteiger partial charge < -0.3 is 9.47 Å². The van der Waals surface area contributed by atoms with E-state index in [0.717, 1.165) is 11.6 Å². The lowest BCUT2D eigenvalue weighted by Gasteiger charge is -2.27. The summed E-state index contributed by atoms with van der Waals surface area (Å²) in [6.45, 7) is 1.47. The number of nitrogens with zero attached hydrogens (tertiary/aromatic N) is 1. The van der Waals surface area contributed by atoms with Gasteiger partial charge in [-0.15, -0.1) is 0 Å². The molecule has 1 atom stereocenters. The van der Waals surface area contributed by atoms with Crippen molar-refractivity contribution in [2.24, 2.45) is 0 Å². The number of allylic oxidation sites excluding steroid dienone is 1. The number of hydrogen-bond acceptors (Lipinski definition) is 8. The van der Waals surface area contributed by atoms with Crippen molar-refractivity contribution in [1.82, 2.24) is 0 Å². The molecule has 0 radical (unpaired) electrons. The number of carbonyl (C=O) groups is 1. The van der Waals surface area contributed by atoms with Crippen molar-refractivity contribution < 1.29 is 31.8 Å². The van der Waals surface area contributed by atoms with Gasteiger partial charge in [-0.05, 0) is 37.3 Å². The van der Waals surface area contributed by atoms with E-state index in [1.807, 2.05) is 6.92 Å². The first-order valence-electron chi connectivity index (χ1n) is 8.50. The zero-order chi connectivity index (χ0) is 21.0. The number of carbonyl (C=O) groups excluding carboxylic acids is 1. The number of rotatable bonds is 7. The van der Waals surface area contributed by atoms with Crippen LogP contribution in [0.25, 0.3) is 6.08 Å². The molecular formula is C19H17NO8S. The predicted octanol–water partition coefficient (Wildman–Crippen LogP) is 2.66. The SMILES string of the molecule is Cc1ccc(S(=O)(=O)OC[C@H]2COc3ccc([N+](=O)[O-])c(/C=C/C=O)c3O2)cc1. The monoisotopic (exact) mass is 419 g/mol. The smallest absolute Gasteiger partial charge is 0.297 e. The van der Waals surface area contributed by atoms with E-state index in [9.17, 15) is 23.3 Å². The van der Waals surface area contributed by atoms with Crippen LogP contribution < -0.4 is 9.47 Å². The minimum absolute atomic E-state index is 0.00507. The van der Waals surface area contributed by atoms with E-state index in [0.29, 0.717) is 6.29 Å². The maximum atomic E-state index is 12.3. The summed E-state index contributed by atoms with van der Waals surface area (Å²) in [6, 6.07) is 8.79. The molecule has 1 aliphatic rings. The molecule has 1 aliphatic heterocycles. The largest absolute Gasteiger partial charge is 0.486 e. The van der Waals surface area contributed by atoms with Crippen molar-refractivity contribution in [3.05, 3.63) is 63.7 Å². The third-order valence-electron chi connectivity index (χ3n) is 4.10. The van der Waals surface area contributed by atoms with Crippen molar-refractivity contribution in [3.8, 4) is 11.5 Å². The number of nitro benzene ring substituents is 1. The van der Waals surface area contributed by atoms with E-state index < -0.39 is 21.1 Å². The number of hydrogen-bond donors (Lipinski definition) is 0. The molecule has 0 saturated heterocycles. The third-order valence-corrected chi connectivity index (χ3v) is 5.40. The highest BCUT2D eigenvalue weighted by atomic mass is 32.2. The zero-order valence-electron chi connectivity index (χ0n) is 15.3. The summed E-state index contributed by atoms with van der Waals surface area (Å²) < 4.78 is 41.0. The summed E-state index contributed by atoms with van der Waals surface area (Å²) in [6.07, 6.45) is 1.97. The normalized spacial score (nSPS) is 16.0. The quantitative estimate of drug-likeness (QED) is 0.221. The average molecular weight is 419 g/mol. The summed E-state index contributed by atoms with van der Waals surface area (Å²) in [5.74, 6) is 0.295. The summed E-state index contributed by atoms with van der Waals surface area (Å²) >= 11 is 0. The summed E-state index contributed by atoms with van der Waals surface area (Å²) in [4.78, 5) is 21.3. The molecule has 0 aliphatic carbocycles. The van der Waals surface area contributed by atoms with Gasteiger partial charge in [-0.3, -0.25) is 19.1 Å². The maximum absolute atomic E-state index is 12.3. The molecule has 29 heavy (non-hydrogen) atoms. The van der Waals surface area contributed by atoms with Gasteiger partial charge in [0.2, 0.25) is 0 Å². The Morgan fingerprint density at radius 1 is 1.24 bits per heavy atom. The minimum Gasteiger partial charge on any atom is -0.486 e. The first-order chi connectivity index (χ1) is 13.8. The molecule has 1 heterocycles. The van der Waals surface area contributed by atoms with Gasteiger partial charge in [0.05, 0.1) is 15.4 Å². The maximum Gasteiger partial charge on any atom is 0.297 e. The molecule has 0 spiro atoms. The van der Waals surface area contributed by atoms with Crippen LogP contribution in [0.4, 0.5) is 5.69 Å². The van der Waals surface area contributed by atoms with E-state index >= 15 is 0 Å². The van der Waals surface area contributed by atoms with Crippen molar-refractivity contribution in [2.75, 3.05) is 13.2 Å². The fourth-order valence-electron chi connectivity index (χ4n) is 2.66. The van der Waals surface area contributed by atoms with Crippen molar-refractivity contribution in [1.29, 1.82) is 0 Å². The van der Waals surface area contributed by atoms with Gasteiger partial charge in [-0.25, -0.2) is 0 Å². The van der Waals surface area contributed by atoms with Crippen LogP contribution in [0.3, 0.4) is 0 Å². The lowest BCUT2D eigenvalue weighted by atomic mass is 10.1. The topological polar surface area (TPSA) is 122 Å². The van der Waals surface area contributed by atoms with Gasteiger partial charge in [-0.2, -0.15) is 8.42 Å². The molecular weight excluding hydrogens is 402 g/mol. The lowest BCUT2D eigenvalue weighted by Crippen LogP contribution is -2.34. The van der Waals surface area contributed by atoms with Gasteiger partial charge >= 0.3 is 0 Å². The van der Waals surface area contributed by atoms with Gasteiger partial charge in [0.1, 0.15) is 19.5 Å². The van der Waals surface area contributed by atoms with Crippen LogP contribution in [0.2, 0.25) is 0 Å². The van der Waals surface area contributed by atoms with Crippen LogP contribution in [0.5, 0.6) is 11.5 Å². The van der Waals surface area contributed by atoms with Crippen LogP contribution in [-0.2, 0) is 19.1 Å². The molecule has 10 heteroatoms. The summed E-state index contributed by atoms with van der Waals surface area (Å²) in [5.41, 5.74) is 0.673. The number of aryl methyl sites for hydroxylation is 1. The highest BCUT2D eigenvalue weighted by Crippen LogP contribution is 2.41. The Bertz CT molecular complexity index is 1060. The fraction of sp³-hybridized carbons (Fsp3) is 0.211. The molecule has 0 amide bonds. The highest BCUT2D eigenvalue weighted by Gasteiger charge is 2.29. The standard InChI is InChI=1S/C19H17NO8S/c1-13-4-6-15(7-5-13)29(24,25)27-12-14-11-26-18-9-8-17(20(22)23)16(3-2-10-21)19(18)28-14/h2-10,14H,11-12H2,1H3/b3-2+/t14-/m1/s1. The fourth-order valence-corrected chi connectivity index (χ4v) is 3.60. The second-order valence-electron chi connectivity index (χ2n) is 6.18. The van der Waals surface area contributed by atoms with Crippen LogP contribution in [0, 0.1) is 17.0 Å². The Kier molecular flexibility index (Phi) is 5.95. The third kappa shape index (κ3) is 4.61. The Morgan fingerprint density at radius 2 is 1.97 bits per heavy atom. The molecule has 3 rings (SSSR count). The van der Waals surface area contributed by atoms with Crippen molar-refractivity contribution in [2.45, 2.75) is 17.9 Å². The highest BCUT2D eigenvalue weighted by molar-refractivity contribution is 7.86. The Hall–Kier alpha value is -3.24. The Morgan fingerprint density at radius 3 is 2.62 bits per heavy atom. The lowest BCUT2D eigenvalue weighted by molar-refractivity contribution is -0.385. The molecule has 9 nitrogen and oxygen atoms in total.